The molecule has 1 aliphatic rings. The standard InChI is InChI=1S/C16H24N2O3/c1-17-9-8-13-4-7-16(19)18(13)11-12-10-14(20-2)5-6-15(12)21-3/h5-6,10,13,17H,4,7-9,11H2,1-3H3/t13-/m1/s1. The average Bonchev–Trinajstić information content (AvgIpc) is 2.85. The smallest absolute Gasteiger partial charge is 0.223 e. The third kappa shape index (κ3) is 3.67. The number of amides is 1. The van der Waals surface area contributed by atoms with Crippen LogP contribution in [0.3, 0.4) is 0 Å². The molecular formula is C16H24N2O3. The molecule has 1 saturated heterocycles. The highest BCUT2D eigenvalue weighted by molar-refractivity contribution is 5.78. The molecule has 0 unspecified atom stereocenters. The Bertz CT molecular complexity index is 490. The number of hydrogen-bond donors (Lipinski definition) is 1. The van der Waals surface area contributed by atoms with Crippen LogP contribution in [0.25, 0.3) is 0 Å². The molecule has 5 nitrogen and oxygen atoms in total. The van der Waals surface area contributed by atoms with Crippen molar-refractivity contribution in [3.63, 3.8) is 0 Å². The molecule has 1 aromatic rings. The number of nitrogens with zero attached hydrogens (tertiary/aromatic N) is 1. The van der Waals surface area contributed by atoms with Crippen LogP contribution in [0.1, 0.15) is 24.8 Å². The van der Waals surface area contributed by atoms with Crippen molar-refractivity contribution in [3.05, 3.63) is 23.8 Å². The lowest BCUT2D eigenvalue weighted by molar-refractivity contribution is -0.129. The third-order valence-electron chi connectivity index (χ3n) is 4.01. The summed E-state index contributed by atoms with van der Waals surface area (Å²) in [5.41, 5.74) is 0.988. The fraction of sp³-hybridized carbons (Fsp3) is 0.562. The third-order valence-corrected chi connectivity index (χ3v) is 4.01. The number of carbonyl (C=O) groups is 1. The van der Waals surface area contributed by atoms with Gasteiger partial charge < -0.3 is 19.7 Å². The van der Waals surface area contributed by atoms with Crippen molar-refractivity contribution in [2.24, 2.45) is 0 Å². The summed E-state index contributed by atoms with van der Waals surface area (Å²) in [5.74, 6) is 1.80. The summed E-state index contributed by atoms with van der Waals surface area (Å²) in [7, 11) is 5.23. The molecule has 1 aromatic carbocycles. The SMILES string of the molecule is CNCC[C@H]1CCC(=O)N1Cc1cc(OC)ccc1OC. The van der Waals surface area contributed by atoms with Crippen LogP contribution >= 0.6 is 0 Å². The molecule has 0 saturated carbocycles. The second kappa shape index (κ2) is 7.31. The zero-order valence-electron chi connectivity index (χ0n) is 13.0. The Balaban J connectivity index is 2.16. The summed E-state index contributed by atoms with van der Waals surface area (Å²) in [6.45, 7) is 1.50. The van der Waals surface area contributed by atoms with Gasteiger partial charge in [-0.1, -0.05) is 0 Å². The van der Waals surface area contributed by atoms with Gasteiger partial charge in [0.1, 0.15) is 11.5 Å². The Hall–Kier alpha value is -1.75. The Labute approximate surface area is 126 Å². The van der Waals surface area contributed by atoms with E-state index >= 15 is 0 Å². The van der Waals surface area contributed by atoms with E-state index in [0.29, 0.717) is 19.0 Å². The van der Waals surface area contributed by atoms with E-state index in [9.17, 15) is 4.79 Å². The van der Waals surface area contributed by atoms with Gasteiger partial charge in [-0.2, -0.15) is 0 Å². The van der Waals surface area contributed by atoms with Crippen molar-refractivity contribution in [2.45, 2.75) is 31.8 Å². The second-order valence-electron chi connectivity index (χ2n) is 5.28. The van der Waals surface area contributed by atoms with E-state index in [-0.39, 0.29) is 5.91 Å². The first kappa shape index (κ1) is 15.6. The molecule has 1 fully saturated rings. The van der Waals surface area contributed by atoms with E-state index in [2.05, 4.69) is 5.32 Å². The van der Waals surface area contributed by atoms with E-state index in [1.807, 2.05) is 30.1 Å². The number of benzene rings is 1. The minimum Gasteiger partial charge on any atom is -0.497 e. The Morgan fingerprint density at radius 2 is 2.14 bits per heavy atom. The van der Waals surface area contributed by atoms with Gasteiger partial charge in [0.2, 0.25) is 5.91 Å². The number of nitrogens with one attached hydrogen (secondary N) is 1. The molecule has 1 aliphatic heterocycles. The fourth-order valence-corrected chi connectivity index (χ4v) is 2.81. The summed E-state index contributed by atoms with van der Waals surface area (Å²) in [4.78, 5) is 14.1. The van der Waals surface area contributed by atoms with Gasteiger partial charge in [-0.3, -0.25) is 4.79 Å². The van der Waals surface area contributed by atoms with Gasteiger partial charge in [0, 0.05) is 24.6 Å². The van der Waals surface area contributed by atoms with Gasteiger partial charge in [0.05, 0.1) is 14.2 Å². The van der Waals surface area contributed by atoms with E-state index in [0.717, 1.165) is 36.4 Å². The summed E-state index contributed by atoms with van der Waals surface area (Å²) >= 11 is 0. The van der Waals surface area contributed by atoms with Gasteiger partial charge in [-0.15, -0.1) is 0 Å². The molecule has 116 valence electrons. The lowest BCUT2D eigenvalue weighted by Gasteiger charge is -2.26. The lowest BCUT2D eigenvalue weighted by atomic mass is 10.1. The first-order chi connectivity index (χ1) is 10.2. The van der Waals surface area contributed by atoms with Crippen LogP contribution in [-0.4, -0.2) is 44.7 Å². The van der Waals surface area contributed by atoms with E-state index in [1.54, 1.807) is 14.2 Å². The lowest BCUT2D eigenvalue weighted by Crippen LogP contribution is -2.34. The maximum atomic E-state index is 12.1. The maximum Gasteiger partial charge on any atom is 0.223 e. The zero-order chi connectivity index (χ0) is 15.2. The number of likely N-dealkylation sites (tertiary alicyclic amines) is 1. The van der Waals surface area contributed by atoms with Crippen molar-refractivity contribution in [1.82, 2.24) is 10.2 Å². The topological polar surface area (TPSA) is 50.8 Å². The zero-order valence-corrected chi connectivity index (χ0v) is 13.0. The molecule has 0 radical (unpaired) electrons. The average molecular weight is 292 g/mol. The van der Waals surface area contributed by atoms with Crippen LogP contribution < -0.4 is 14.8 Å². The van der Waals surface area contributed by atoms with Crippen LogP contribution in [0.4, 0.5) is 0 Å². The van der Waals surface area contributed by atoms with Crippen molar-refractivity contribution >= 4 is 5.91 Å². The molecular weight excluding hydrogens is 268 g/mol. The Kier molecular flexibility index (Phi) is 5.44. The number of methoxy groups -OCH3 is 2. The number of hydrogen-bond acceptors (Lipinski definition) is 4. The molecule has 1 N–H and O–H groups in total. The van der Waals surface area contributed by atoms with Crippen molar-refractivity contribution in [2.75, 3.05) is 27.8 Å². The number of ether oxygens (including phenoxy) is 2. The number of carbonyl (C=O) groups excluding carboxylic acids is 1. The predicted molar refractivity (Wildman–Crippen MR) is 81.7 cm³/mol. The molecule has 21 heavy (non-hydrogen) atoms. The van der Waals surface area contributed by atoms with Crippen LogP contribution in [0.15, 0.2) is 18.2 Å². The summed E-state index contributed by atoms with van der Waals surface area (Å²) < 4.78 is 10.7. The Morgan fingerprint density at radius 1 is 1.33 bits per heavy atom. The largest absolute Gasteiger partial charge is 0.497 e. The first-order valence-corrected chi connectivity index (χ1v) is 7.34. The highest BCUT2D eigenvalue weighted by Crippen LogP contribution is 2.29. The van der Waals surface area contributed by atoms with Gasteiger partial charge >= 0.3 is 0 Å². The van der Waals surface area contributed by atoms with Crippen molar-refractivity contribution in [3.8, 4) is 11.5 Å². The predicted octanol–water partition coefficient (Wildman–Crippen LogP) is 1.80. The molecule has 0 aromatic heterocycles. The Morgan fingerprint density at radius 3 is 2.81 bits per heavy atom. The molecule has 0 bridgehead atoms. The quantitative estimate of drug-likeness (QED) is 0.832. The molecule has 1 atom stereocenters. The molecule has 2 rings (SSSR count). The highest BCUT2D eigenvalue weighted by atomic mass is 16.5. The summed E-state index contributed by atoms with van der Waals surface area (Å²) in [6, 6.07) is 6.00. The van der Waals surface area contributed by atoms with E-state index < -0.39 is 0 Å². The molecule has 1 amide bonds. The van der Waals surface area contributed by atoms with Crippen LogP contribution in [0.5, 0.6) is 11.5 Å². The van der Waals surface area contributed by atoms with Crippen LogP contribution in [-0.2, 0) is 11.3 Å². The summed E-state index contributed by atoms with van der Waals surface area (Å²) in [5, 5.41) is 3.15. The van der Waals surface area contributed by atoms with Gasteiger partial charge in [-0.25, -0.2) is 0 Å². The van der Waals surface area contributed by atoms with Crippen LogP contribution in [0.2, 0.25) is 0 Å². The van der Waals surface area contributed by atoms with Crippen LogP contribution in [0, 0.1) is 0 Å². The molecule has 1 heterocycles. The number of rotatable bonds is 7. The maximum absolute atomic E-state index is 12.1. The van der Waals surface area contributed by atoms with Gasteiger partial charge in [0.25, 0.3) is 0 Å². The van der Waals surface area contributed by atoms with Gasteiger partial charge in [0.15, 0.2) is 0 Å². The monoisotopic (exact) mass is 292 g/mol. The molecule has 0 aliphatic carbocycles. The van der Waals surface area contributed by atoms with Crippen molar-refractivity contribution < 1.29 is 14.3 Å². The normalized spacial score (nSPS) is 18.1. The second-order valence-corrected chi connectivity index (χ2v) is 5.28. The molecule has 0 spiro atoms. The van der Waals surface area contributed by atoms with E-state index in [1.165, 1.54) is 0 Å². The van der Waals surface area contributed by atoms with E-state index in [4.69, 9.17) is 9.47 Å². The summed E-state index contributed by atoms with van der Waals surface area (Å²) in [6.07, 6.45) is 2.56. The fourth-order valence-electron chi connectivity index (χ4n) is 2.81. The molecule has 5 heteroatoms. The first-order valence-electron chi connectivity index (χ1n) is 7.34. The van der Waals surface area contributed by atoms with Gasteiger partial charge in [-0.05, 0) is 44.6 Å². The highest BCUT2D eigenvalue weighted by Gasteiger charge is 2.30. The van der Waals surface area contributed by atoms with Crippen molar-refractivity contribution in [1.29, 1.82) is 0 Å². The minimum atomic E-state index is 0.223. The minimum absolute atomic E-state index is 0.223.